The standard InChI is InChI=1S/C23H28FN5O2/c1-23(18-5-7-19(24)8-6-18)17-20(30)29(21(23)31)12-3-2-11-27-13-15-28(16-14-27)22-25-9-4-10-26-22/h4-10H,2-3,11-17H2,1H3. The maximum Gasteiger partial charge on any atom is 0.240 e. The van der Waals surface area contributed by atoms with Crippen molar-refractivity contribution in [2.45, 2.75) is 31.6 Å². The largest absolute Gasteiger partial charge is 0.338 e. The van der Waals surface area contributed by atoms with E-state index in [2.05, 4.69) is 19.8 Å². The lowest BCUT2D eigenvalue weighted by Gasteiger charge is -2.34. The maximum atomic E-state index is 13.2. The Morgan fingerprint density at radius 2 is 1.61 bits per heavy atom. The molecule has 31 heavy (non-hydrogen) atoms. The minimum absolute atomic E-state index is 0.140. The lowest BCUT2D eigenvalue weighted by molar-refractivity contribution is -0.139. The summed E-state index contributed by atoms with van der Waals surface area (Å²) < 4.78 is 13.2. The van der Waals surface area contributed by atoms with Gasteiger partial charge in [-0.1, -0.05) is 12.1 Å². The predicted molar refractivity (Wildman–Crippen MR) is 115 cm³/mol. The highest BCUT2D eigenvalue weighted by Crippen LogP contribution is 2.36. The van der Waals surface area contributed by atoms with Crippen molar-refractivity contribution < 1.29 is 14.0 Å². The van der Waals surface area contributed by atoms with Crippen LogP contribution in [0.1, 0.15) is 31.7 Å². The zero-order chi connectivity index (χ0) is 21.8. The fraction of sp³-hybridized carbons (Fsp3) is 0.478. The number of carbonyl (C=O) groups is 2. The first-order valence-corrected chi connectivity index (χ1v) is 10.8. The van der Waals surface area contributed by atoms with Crippen LogP contribution in [0.25, 0.3) is 0 Å². The Kier molecular flexibility index (Phi) is 6.27. The normalized spacial score (nSPS) is 22.4. The molecule has 2 aliphatic heterocycles. The number of piperazine rings is 1. The molecule has 7 nitrogen and oxygen atoms in total. The van der Waals surface area contributed by atoms with Crippen LogP contribution in [0.5, 0.6) is 0 Å². The number of hydrogen-bond donors (Lipinski definition) is 0. The van der Waals surface area contributed by atoms with Gasteiger partial charge < -0.3 is 4.90 Å². The fourth-order valence-electron chi connectivity index (χ4n) is 4.39. The summed E-state index contributed by atoms with van der Waals surface area (Å²) in [5, 5.41) is 0. The van der Waals surface area contributed by atoms with Crippen molar-refractivity contribution in [3.05, 3.63) is 54.1 Å². The highest BCUT2D eigenvalue weighted by molar-refractivity contribution is 6.08. The Hall–Kier alpha value is -2.87. The molecule has 1 unspecified atom stereocenters. The zero-order valence-corrected chi connectivity index (χ0v) is 17.8. The molecule has 8 heteroatoms. The molecule has 3 heterocycles. The van der Waals surface area contributed by atoms with Crippen molar-refractivity contribution in [2.24, 2.45) is 0 Å². The van der Waals surface area contributed by atoms with Crippen molar-refractivity contribution in [1.82, 2.24) is 19.8 Å². The number of imide groups is 1. The van der Waals surface area contributed by atoms with E-state index in [1.54, 1.807) is 31.5 Å². The molecule has 2 aliphatic rings. The van der Waals surface area contributed by atoms with Gasteiger partial charge in [0.1, 0.15) is 5.82 Å². The number of benzene rings is 1. The monoisotopic (exact) mass is 425 g/mol. The van der Waals surface area contributed by atoms with Gasteiger partial charge in [0.2, 0.25) is 17.8 Å². The Morgan fingerprint density at radius 1 is 0.968 bits per heavy atom. The smallest absolute Gasteiger partial charge is 0.240 e. The van der Waals surface area contributed by atoms with Crippen LogP contribution < -0.4 is 4.90 Å². The molecule has 0 radical (unpaired) electrons. The summed E-state index contributed by atoms with van der Waals surface area (Å²) >= 11 is 0. The summed E-state index contributed by atoms with van der Waals surface area (Å²) in [4.78, 5) is 40.1. The van der Waals surface area contributed by atoms with Crippen LogP contribution >= 0.6 is 0 Å². The molecular formula is C23H28FN5O2. The molecule has 2 fully saturated rings. The summed E-state index contributed by atoms with van der Waals surface area (Å²) in [6.07, 6.45) is 5.36. The predicted octanol–water partition coefficient (Wildman–Crippen LogP) is 2.23. The van der Waals surface area contributed by atoms with E-state index in [4.69, 9.17) is 0 Å². The summed E-state index contributed by atoms with van der Waals surface area (Å²) in [6.45, 7) is 6.83. The zero-order valence-electron chi connectivity index (χ0n) is 17.8. The summed E-state index contributed by atoms with van der Waals surface area (Å²) in [5.41, 5.74) is -0.212. The van der Waals surface area contributed by atoms with Crippen molar-refractivity contribution in [3.8, 4) is 0 Å². The van der Waals surface area contributed by atoms with E-state index in [1.165, 1.54) is 17.0 Å². The summed E-state index contributed by atoms with van der Waals surface area (Å²) in [7, 11) is 0. The van der Waals surface area contributed by atoms with E-state index in [0.717, 1.165) is 51.5 Å². The van der Waals surface area contributed by atoms with Crippen LogP contribution in [0.2, 0.25) is 0 Å². The molecule has 0 saturated carbocycles. The molecule has 0 N–H and O–H groups in total. The quantitative estimate of drug-likeness (QED) is 0.501. The maximum absolute atomic E-state index is 13.2. The van der Waals surface area contributed by atoms with Crippen molar-refractivity contribution in [3.63, 3.8) is 0 Å². The topological polar surface area (TPSA) is 69.6 Å². The van der Waals surface area contributed by atoms with Gasteiger partial charge in [-0.25, -0.2) is 14.4 Å². The number of likely N-dealkylation sites (tertiary alicyclic amines) is 1. The summed E-state index contributed by atoms with van der Waals surface area (Å²) in [6, 6.07) is 7.70. The Bertz CT molecular complexity index is 915. The molecule has 2 saturated heterocycles. The molecule has 1 aromatic heterocycles. The number of anilines is 1. The number of carbonyl (C=O) groups excluding carboxylic acids is 2. The fourth-order valence-corrected chi connectivity index (χ4v) is 4.39. The third kappa shape index (κ3) is 4.58. The Labute approximate surface area is 181 Å². The number of hydrogen-bond acceptors (Lipinski definition) is 6. The lowest BCUT2D eigenvalue weighted by Crippen LogP contribution is -2.47. The van der Waals surface area contributed by atoms with Gasteiger partial charge >= 0.3 is 0 Å². The van der Waals surface area contributed by atoms with Gasteiger partial charge in [-0.05, 0) is 50.1 Å². The lowest BCUT2D eigenvalue weighted by atomic mass is 9.81. The van der Waals surface area contributed by atoms with Gasteiger partial charge in [-0.3, -0.25) is 19.4 Å². The second-order valence-electron chi connectivity index (χ2n) is 8.45. The van der Waals surface area contributed by atoms with Crippen molar-refractivity contribution >= 4 is 17.8 Å². The van der Waals surface area contributed by atoms with Crippen LogP contribution in [0.15, 0.2) is 42.7 Å². The van der Waals surface area contributed by atoms with E-state index in [-0.39, 0.29) is 24.1 Å². The van der Waals surface area contributed by atoms with Gasteiger partial charge in [-0.15, -0.1) is 0 Å². The average molecular weight is 426 g/mol. The number of rotatable bonds is 7. The van der Waals surface area contributed by atoms with Gasteiger partial charge in [0, 0.05) is 51.5 Å². The number of amides is 2. The highest BCUT2D eigenvalue weighted by Gasteiger charge is 2.48. The second-order valence-corrected chi connectivity index (χ2v) is 8.45. The van der Waals surface area contributed by atoms with Crippen molar-refractivity contribution in [2.75, 3.05) is 44.2 Å². The molecular weight excluding hydrogens is 397 g/mol. The molecule has 4 rings (SSSR count). The first-order valence-electron chi connectivity index (χ1n) is 10.8. The SMILES string of the molecule is CC1(c2ccc(F)cc2)CC(=O)N(CCCCN2CCN(c3ncccn3)CC2)C1=O. The molecule has 1 aromatic carbocycles. The minimum atomic E-state index is -0.902. The third-order valence-electron chi connectivity index (χ3n) is 6.32. The Morgan fingerprint density at radius 3 is 2.29 bits per heavy atom. The highest BCUT2D eigenvalue weighted by atomic mass is 19.1. The number of unbranched alkanes of at least 4 members (excludes halogenated alkanes) is 1. The molecule has 2 amide bonds. The number of halogens is 1. The van der Waals surface area contributed by atoms with E-state index in [0.29, 0.717) is 12.1 Å². The molecule has 164 valence electrons. The minimum Gasteiger partial charge on any atom is -0.338 e. The Balaban J connectivity index is 1.23. The van der Waals surface area contributed by atoms with Gasteiger partial charge in [0.05, 0.1) is 5.41 Å². The number of nitrogens with zero attached hydrogens (tertiary/aromatic N) is 5. The van der Waals surface area contributed by atoms with Gasteiger partial charge in [0.25, 0.3) is 0 Å². The van der Waals surface area contributed by atoms with E-state index in [1.807, 2.05) is 6.07 Å². The van der Waals surface area contributed by atoms with Crippen LogP contribution in [-0.2, 0) is 15.0 Å². The van der Waals surface area contributed by atoms with E-state index in [9.17, 15) is 14.0 Å². The molecule has 0 aliphatic carbocycles. The van der Waals surface area contributed by atoms with Gasteiger partial charge in [0.15, 0.2) is 0 Å². The average Bonchev–Trinajstić information content (AvgIpc) is 3.01. The van der Waals surface area contributed by atoms with Crippen LogP contribution in [0.3, 0.4) is 0 Å². The molecule has 0 spiro atoms. The van der Waals surface area contributed by atoms with Crippen LogP contribution in [0.4, 0.5) is 10.3 Å². The van der Waals surface area contributed by atoms with E-state index >= 15 is 0 Å². The third-order valence-corrected chi connectivity index (χ3v) is 6.32. The summed E-state index contributed by atoms with van der Waals surface area (Å²) in [5.74, 6) is 0.101. The van der Waals surface area contributed by atoms with E-state index < -0.39 is 5.41 Å². The van der Waals surface area contributed by atoms with Gasteiger partial charge in [-0.2, -0.15) is 0 Å². The number of aromatic nitrogens is 2. The second kappa shape index (κ2) is 9.09. The van der Waals surface area contributed by atoms with Crippen molar-refractivity contribution in [1.29, 1.82) is 0 Å². The molecule has 1 atom stereocenters. The molecule has 2 aromatic rings. The van der Waals surface area contributed by atoms with Crippen LogP contribution in [0, 0.1) is 5.82 Å². The van der Waals surface area contributed by atoms with Crippen LogP contribution in [-0.4, -0.2) is 70.9 Å². The molecule has 0 bridgehead atoms. The first-order chi connectivity index (χ1) is 15.0. The first kappa shape index (κ1) is 21.4.